The smallest absolute Gasteiger partial charge is 0.285 e. The van der Waals surface area contributed by atoms with Crippen LogP contribution in [0.3, 0.4) is 0 Å². The third-order valence-corrected chi connectivity index (χ3v) is 10.7. The van der Waals surface area contributed by atoms with E-state index in [0.717, 1.165) is 16.2 Å². The number of nitrogens with zero attached hydrogens (tertiary/aromatic N) is 5. The summed E-state index contributed by atoms with van der Waals surface area (Å²) in [6, 6.07) is 26.4. The Morgan fingerprint density at radius 2 is 1.56 bits per heavy atom. The van der Waals surface area contributed by atoms with Crippen molar-refractivity contribution < 1.29 is 33.2 Å². The van der Waals surface area contributed by atoms with Gasteiger partial charge in [-0.3, -0.25) is 33.7 Å². The highest BCUT2D eigenvalue weighted by molar-refractivity contribution is 8.02. The second kappa shape index (κ2) is 12.0. The van der Waals surface area contributed by atoms with Crippen LogP contribution < -0.4 is 9.80 Å². The summed E-state index contributed by atoms with van der Waals surface area (Å²) >= 11 is 1.23. The number of hydrazone groups is 1. The SMILES string of the molecule is CC(=O)N1N=C(c2ccc(N3C(=O)CSC34C(=O)N(CCON3C(=O)c5ccccc5C3=O)c3ccccc34)cc2)CC1c1ccc(F)cc1. The van der Waals surface area contributed by atoms with E-state index in [9.17, 15) is 28.4 Å². The van der Waals surface area contributed by atoms with Gasteiger partial charge in [0.1, 0.15) is 5.82 Å². The summed E-state index contributed by atoms with van der Waals surface area (Å²) in [6.45, 7) is 1.31. The zero-order valence-corrected chi connectivity index (χ0v) is 27.4. The van der Waals surface area contributed by atoms with Gasteiger partial charge >= 0.3 is 0 Å². The van der Waals surface area contributed by atoms with E-state index in [2.05, 4.69) is 5.10 Å². The van der Waals surface area contributed by atoms with Crippen molar-refractivity contribution in [2.45, 2.75) is 24.3 Å². The highest BCUT2D eigenvalue weighted by Crippen LogP contribution is 2.55. The van der Waals surface area contributed by atoms with Gasteiger partial charge in [0.05, 0.1) is 47.5 Å². The van der Waals surface area contributed by atoms with Crippen molar-refractivity contribution in [3.8, 4) is 0 Å². The van der Waals surface area contributed by atoms with Gasteiger partial charge in [0, 0.05) is 24.6 Å². The van der Waals surface area contributed by atoms with Crippen LogP contribution in [-0.2, 0) is 24.1 Å². The molecule has 2 unspecified atom stereocenters. The lowest BCUT2D eigenvalue weighted by molar-refractivity contribution is -0.130. The molecule has 1 spiro atoms. The molecule has 4 aliphatic heterocycles. The van der Waals surface area contributed by atoms with Crippen LogP contribution in [0.1, 0.15) is 56.8 Å². The van der Waals surface area contributed by atoms with Crippen LogP contribution in [-0.4, -0.2) is 64.2 Å². The van der Waals surface area contributed by atoms with E-state index in [1.807, 2.05) is 24.3 Å². The Bertz CT molecular complexity index is 2110. The number of thioether (sulfide) groups is 1. The fourth-order valence-electron chi connectivity index (χ4n) is 7.01. The zero-order valence-electron chi connectivity index (χ0n) is 26.6. The fraction of sp³-hybridized carbons (Fsp3) is 0.189. The van der Waals surface area contributed by atoms with Crippen LogP contribution in [0.15, 0.2) is 102 Å². The number of hydrogen-bond acceptors (Lipinski definition) is 8. The number of fused-ring (bicyclic) bond motifs is 3. The number of imide groups is 1. The van der Waals surface area contributed by atoms with E-state index in [4.69, 9.17) is 4.84 Å². The average molecular weight is 690 g/mol. The van der Waals surface area contributed by atoms with Gasteiger partial charge in [-0.05, 0) is 53.6 Å². The number of hydroxylamine groups is 2. The Labute approximate surface area is 289 Å². The topological polar surface area (TPSA) is 120 Å². The number of benzene rings is 4. The Morgan fingerprint density at radius 1 is 0.900 bits per heavy atom. The van der Waals surface area contributed by atoms with Crippen molar-refractivity contribution >= 4 is 58.4 Å². The van der Waals surface area contributed by atoms with Crippen LogP contribution in [0.2, 0.25) is 0 Å². The molecule has 250 valence electrons. The summed E-state index contributed by atoms with van der Waals surface area (Å²) in [4.78, 5) is 73.4. The van der Waals surface area contributed by atoms with Gasteiger partial charge in [-0.25, -0.2) is 9.40 Å². The lowest BCUT2D eigenvalue weighted by atomic mass is 9.98. The minimum Gasteiger partial charge on any atom is -0.306 e. The van der Waals surface area contributed by atoms with Crippen molar-refractivity contribution in [1.29, 1.82) is 0 Å². The second-order valence-electron chi connectivity index (χ2n) is 12.1. The van der Waals surface area contributed by atoms with Crippen LogP contribution >= 0.6 is 11.8 Å². The van der Waals surface area contributed by atoms with Crippen LogP contribution in [0.5, 0.6) is 0 Å². The maximum atomic E-state index is 14.4. The normalized spacial score (nSPS) is 21.1. The molecule has 4 heterocycles. The molecule has 4 aromatic rings. The number of carbonyl (C=O) groups excluding carboxylic acids is 5. The third-order valence-electron chi connectivity index (χ3n) is 9.30. The molecule has 0 N–H and O–H groups in total. The molecule has 4 aliphatic rings. The second-order valence-corrected chi connectivity index (χ2v) is 13.3. The molecule has 1 saturated heterocycles. The standard InChI is InChI=1S/C37H28FN5O6S/c1-22(44)42-32(24-10-14-25(38)15-11-24)20-30(39-42)23-12-16-26(17-13-23)41-33(45)21-50-37(41)29-8-4-5-9-31(29)40(36(37)48)18-19-49-43-34(46)27-6-2-3-7-28(27)35(43)47/h2-17,32H,18-21H2,1H3. The molecule has 0 saturated carbocycles. The van der Waals surface area contributed by atoms with E-state index in [1.165, 1.54) is 45.6 Å². The van der Waals surface area contributed by atoms with Gasteiger partial charge in [0.15, 0.2) is 0 Å². The number of rotatable bonds is 7. The Kier molecular flexibility index (Phi) is 7.61. The molecular formula is C37H28FN5O6S. The number of carbonyl (C=O) groups is 5. The maximum Gasteiger partial charge on any atom is 0.285 e. The molecule has 8 rings (SSSR count). The largest absolute Gasteiger partial charge is 0.306 e. The van der Waals surface area contributed by atoms with Crippen LogP contribution in [0.4, 0.5) is 15.8 Å². The summed E-state index contributed by atoms with van der Waals surface area (Å²) in [7, 11) is 0. The van der Waals surface area contributed by atoms with Gasteiger partial charge in [0.25, 0.3) is 17.7 Å². The number of hydrogen-bond donors (Lipinski definition) is 0. The van der Waals surface area contributed by atoms with Crippen LogP contribution in [0.25, 0.3) is 0 Å². The Hall–Kier alpha value is -5.66. The van der Waals surface area contributed by atoms with Crippen molar-refractivity contribution in [2.75, 3.05) is 28.7 Å². The van der Waals surface area contributed by atoms with Crippen molar-refractivity contribution in [3.05, 3.63) is 131 Å². The molecular weight excluding hydrogens is 662 g/mol. The molecule has 0 aliphatic carbocycles. The molecule has 5 amide bonds. The molecule has 4 aromatic carbocycles. The van der Waals surface area contributed by atoms with E-state index >= 15 is 0 Å². The molecule has 1 fully saturated rings. The molecule has 11 nitrogen and oxygen atoms in total. The lowest BCUT2D eigenvalue weighted by Gasteiger charge is -2.33. The number of para-hydroxylation sites is 1. The predicted molar refractivity (Wildman–Crippen MR) is 183 cm³/mol. The lowest BCUT2D eigenvalue weighted by Crippen LogP contribution is -2.50. The monoisotopic (exact) mass is 689 g/mol. The summed E-state index contributed by atoms with van der Waals surface area (Å²) in [5.41, 5.74) is 4.42. The van der Waals surface area contributed by atoms with Gasteiger partial charge in [-0.2, -0.15) is 5.10 Å². The summed E-state index contributed by atoms with van der Waals surface area (Å²) in [5, 5.41) is 6.70. The minimum atomic E-state index is -1.38. The molecule has 0 aromatic heterocycles. The molecule has 0 bridgehead atoms. The van der Waals surface area contributed by atoms with Crippen molar-refractivity contribution in [3.63, 3.8) is 0 Å². The molecule has 2 atom stereocenters. The third kappa shape index (κ3) is 4.83. The van der Waals surface area contributed by atoms with E-state index in [0.29, 0.717) is 29.1 Å². The van der Waals surface area contributed by atoms with Gasteiger partial charge in [0.2, 0.25) is 16.7 Å². The van der Waals surface area contributed by atoms with Crippen molar-refractivity contribution in [2.24, 2.45) is 5.10 Å². The first kappa shape index (κ1) is 31.6. The number of anilines is 2. The first-order valence-electron chi connectivity index (χ1n) is 15.9. The fourth-order valence-corrected chi connectivity index (χ4v) is 8.37. The Morgan fingerprint density at radius 3 is 2.24 bits per heavy atom. The highest BCUT2D eigenvalue weighted by Gasteiger charge is 2.61. The maximum absolute atomic E-state index is 14.4. The summed E-state index contributed by atoms with van der Waals surface area (Å²) in [6.07, 6.45) is 0.413. The number of amides is 5. The molecule has 50 heavy (non-hydrogen) atoms. The highest BCUT2D eigenvalue weighted by atomic mass is 32.2. The molecule has 0 radical (unpaired) electrons. The zero-order chi connectivity index (χ0) is 34.7. The van der Waals surface area contributed by atoms with E-state index in [1.54, 1.807) is 60.7 Å². The summed E-state index contributed by atoms with van der Waals surface area (Å²) in [5.74, 6) is -2.26. The van der Waals surface area contributed by atoms with E-state index in [-0.39, 0.29) is 59.6 Å². The van der Waals surface area contributed by atoms with Gasteiger partial charge < -0.3 is 4.90 Å². The van der Waals surface area contributed by atoms with Crippen molar-refractivity contribution in [1.82, 2.24) is 10.1 Å². The first-order valence-corrected chi connectivity index (χ1v) is 16.9. The number of halogens is 1. The summed E-state index contributed by atoms with van der Waals surface area (Å²) < 4.78 is 13.6. The quantitative estimate of drug-likeness (QED) is 0.250. The first-order chi connectivity index (χ1) is 24.2. The minimum absolute atomic E-state index is 0.0220. The molecule has 13 heteroatoms. The van der Waals surface area contributed by atoms with Gasteiger partial charge in [-0.15, -0.1) is 16.8 Å². The predicted octanol–water partition coefficient (Wildman–Crippen LogP) is 5.03. The average Bonchev–Trinajstić information content (AvgIpc) is 3.85. The Balaban J connectivity index is 1.04. The van der Waals surface area contributed by atoms with Gasteiger partial charge in [-0.1, -0.05) is 54.6 Å². The van der Waals surface area contributed by atoms with E-state index < -0.39 is 16.7 Å². The van der Waals surface area contributed by atoms with Crippen LogP contribution in [0, 0.1) is 5.82 Å².